The Balaban J connectivity index is 1.84. The SMILES string of the molecule is CCNC1CCC(c2nc(CCC(F)(F)F)no2)CC1. The van der Waals surface area contributed by atoms with E-state index in [0.717, 1.165) is 32.2 Å². The van der Waals surface area contributed by atoms with E-state index in [1.807, 2.05) is 0 Å². The smallest absolute Gasteiger partial charge is 0.339 e. The van der Waals surface area contributed by atoms with Gasteiger partial charge in [0.15, 0.2) is 5.82 Å². The second-order valence-electron chi connectivity index (χ2n) is 5.27. The van der Waals surface area contributed by atoms with E-state index in [0.29, 0.717) is 11.9 Å². The summed E-state index contributed by atoms with van der Waals surface area (Å²) in [6.07, 6.45) is -1.32. The number of halogens is 3. The molecule has 1 saturated carbocycles. The monoisotopic (exact) mass is 291 g/mol. The molecular formula is C13H20F3N3O. The van der Waals surface area contributed by atoms with Crippen molar-refractivity contribution < 1.29 is 17.7 Å². The molecule has 0 radical (unpaired) electrons. The van der Waals surface area contributed by atoms with Crippen molar-refractivity contribution in [3.8, 4) is 0 Å². The van der Waals surface area contributed by atoms with Crippen LogP contribution in [0.5, 0.6) is 0 Å². The van der Waals surface area contributed by atoms with Crippen molar-refractivity contribution >= 4 is 0 Å². The summed E-state index contributed by atoms with van der Waals surface area (Å²) in [4.78, 5) is 4.11. The fourth-order valence-corrected chi connectivity index (χ4v) is 2.62. The largest absolute Gasteiger partial charge is 0.389 e. The highest BCUT2D eigenvalue weighted by Crippen LogP contribution is 2.32. The summed E-state index contributed by atoms with van der Waals surface area (Å²) in [5.41, 5.74) is 0. The van der Waals surface area contributed by atoms with E-state index in [1.54, 1.807) is 0 Å². The second-order valence-corrected chi connectivity index (χ2v) is 5.27. The number of aromatic nitrogens is 2. The minimum Gasteiger partial charge on any atom is -0.339 e. The Morgan fingerprint density at radius 2 is 1.95 bits per heavy atom. The highest BCUT2D eigenvalue weighted by Gasteiger charge is 2.29. The molecule has 1 aromatic heterocycles. The van der Waals surface area contributed by atoms with Crippen molar-refractivity contribution in [2.24, 2.45) is 0 Å². The van der Waals surface area contributed by atoms with Crippen LogP contribution >= 0.6 is 0 Å². The fraction of sp³-hybridized carbons (Fsp3) is 0.846. The van der Waals surface area contributed by atoms with Crippen molar-refractivity contribution in [2.45, 2.75) is 63.6 Å². The highest BCUT2D eigenvalue weighted by molar-refractivity contribution is 4.97. The number of hydrogen-bond donors (Lipinski definition) is 1. The molecule has 0 saturated heterocycles. The van der Waals surface area contributed by atoms with Crippen LogP contribution in [0.15, 0.2) is 4.52 Å². The summed E-state index contributed by atoms with van der Waals surface area (Å²) in [6, 6.07) is 0.531. The van der Waals surface area contributed by atoms with Crippen LogP contribution in [0.3, 0.4) is 0 Å². The topological polar surface area (TPSA) is 51.0 Å². The van der Waals surface area contributed by atoms with Gasteiger partial charge in [0.1, 0.15) is 0 Å². The fourth-order valence-electron chi connectivity index (χ4n) is 2.62. The van der Waals surface area contributed by atoms with Gasteiger partial charge in [-0.05, 0) is 32.2 Å². The molecule has 0 unspecified atom stereocenters. The second kappa shape index (κ2) is 6.56. The maximum Gasteiger partial charge on any atom is 0.389 e. The maximum absolute atomic E-state index is 12.1. The normalized spacial score (nSPS) is 24.0. The van der Waals surface area contributed by atoms with Gasteiger partial charge in [0.2, 0.25) is 5.89 Å². The lowest BCUT2D eigenvalue weighted by atomic mass is 9.86. The lowest BCUT2D eigenvalue weighted by molar-refractivity contribution is -0.134. The van der Waals surface area contributed by atoms with E-state index in [1.165, 1.54) is 0 Å². The first-order chi connectivity index (χ1) is 9.48. The molecule has 1 heterocycles. The van der Waals surface area contributed by atoms with Gasteiger partial charge in [0.05, 0.1) is 6.42 Å². The molecule has 0 atom stereocenters. The lowest BCUT2D eigenvalue weighted by Crippen LogP contribution is -2.32. The van der Waals surface area contributed by atoms with Gasteiger partial charge in [0, 0.05) is 18.4 Å². The molecule has 0 spiro atoms. The molecule has 0 aromatic carbocycles. The van der Waals surface area contributed by atoms with Crippen LogP contribution < -0.4 is 5.32 Å². The van der Waals surface area contributed by atoms with Crippen molar-refractivity contribution in [1.29, 1.82) is 0 Å². The molecule has 1 aromatic rings. The summed E-state index contributed by atoms with van der Waals surface area (Å²) >= 11 is 0. The van der Waals surface area contributed by atoms with Gasteiger partial charge < -0.3 is 9.84 Å². The molecular weight excluding hydrogens is 271 g/mol. The van der Waals surface area contributed by atoms with Crippen molar-refractivity contribution in [1.82, 2.24) is 15.5 Å². The van der Waals surface area contributed by atoms with Gasteiger partial charge in [-0.2, -0.15) is 18.2 Å². The molecule has 2 rings (SSSR count). The van der Waals surface area contributed by atoms with E-state index in [2.05, 4.69) is 22.4 Å². The third-order valence-corrected chi connectivity index (χ3v) is 3.69. The molecule has 1 aliphatic rings. The first kappa shape index (κ1) is 15.3. The van der Waals surface area contributed by atoms with Gasteiger partial charge in [-0.3, -0.25) is 0 Å². The summed E-state index contributed by atoms with van der Waals surface area (Å²) in [7, 11) is 0. The van der Waals surface area contributed by atoms with Crippen molar-refractivity contribution in [2.75, 3.05) is 6.54 Å². The molecule has 0 aliphatic heterocycles. The van der Waals surface area contributed by atoms with E-state index < -0.39 is 12.6 Å². The first-order valence-corrected chi connectivity index (χ1v) is 7.10. The van der Waals surface area contributed by atoms with Crippen LogP contribution in [-0.4, -0.2) is 28.9 Å². The predicted molar refractivity (Wildman–Crippen MR) is 67.3 cm³/mol. The first-order valence-electron chi connectivity index (χ1n) is 7.10. The van der Waals surface area contributed by atoms with Gasteiger partial charge in [-0.15, -0.1) is 0 Å². The number of alkyl halides is 3. The van der Waals surface area contributed by atoms with E-state index in [4.69, 9.17) is 4.52 Å². The minimum atomic E-state index is -4.18. The summed E-state index contributed by atoms with van der Waals surface area (Å²) in [5.74, 6) is 0.847. The van der Waals surface area contributed by atoms with Gasteiger partial charge >= 0.3 is 6.18 Å². The zero-order valence-electron chi connectivity index (χ0n) is 11.5. The Kier molecular flexibility index (Phi) is 5.01. The Morgan fingerprint density at radius 1 is 1.25 bits per heavy atom. The average molecular weight is 291 g/mol. The predicted octanol–water partition coefficient (Wildman–Crippen LogP) is 3.20. The Bertz CT molecular complexity index is 411. The number of rotatable bonds is 5. The number of nitrogens with zero attached hydrogens (tertiary/aromatic N) is 2. The summed E-state index contributed by atoms with van der Waals surface area (Å²) in [5, 5.41) is 7.06. The average Bonchev–Trinajstić information content (AvgIpc) is 2.86. The Morgan fingerprint density at radius 3 is 2.55 bits per heavy atom. The lowest BCUT2D eigenvalue weighted by Gasteiger charge is -2.26. The summed E-state index contributed by atoms with van der Waals surface area (Å²) in [6.45, 7) is 3.04. The number of nitrogens with one attached hydrogen (secondary N) is 1. The third kappa shape index (κ3) is 4.47. The zero-order valence-corrected chi connectivity index (χ0v) is 11.5. The van der Waals surface area contributed by atoms with E-state index in [-0.39, 0.29) is 18.2 Å². The standard InChI is InChI=1S/C13H20F3N3O/c1-2-17-10-5-3-9(4-6-10)12-18-11(19-20-12)7-8-13(14,15)16/h9-10,17H,2-8H2,1H3. The third-order valence-electron chi connectivity index (χ3n) is 3.69. The van der Waals surface area contributed by atoms with Crippen molar-refractivity contribution in [3.63, 3.8) is 0 Å². The highest BCUT2D eigenvalue weighted by atomic mass is 19.4. The van der Waals surface area contributed by atoms with Gasteiger partial charge in [-0.25, -0.2) is 0 Å². The van der Waals surface area contributed by atoms with Crippen LogP contribution in [0.4, 0.5) is 13.2 Å². The van der Waals surface area contributed by atoms with E-state index in [9.17, 15) is 13.2 Å². The molecule has 1 fully saturated rings. The number of aryl methyl sites for hydroxylation is 1. The Hall–Kier alpha value is -1.11. The maximum atomic E-state index is 12.1. The van der Waals surface area contributed by atoms with Crippen LogP contribution in [0.1, 0.15) is 56.7 Å². The molecule has 4 nitrogen and oxygen atoms in total. The quantitative estimate of drug-likeness (QED) is 0.905. The molecule has 20 heavy (non-hydrogen) atoms. The van der Waals surface area contributed by atoms with Crippen LogP contribution in [0, 0.1) is 0 Å². The van der Waals surface area contributed by atoms with Crippen molar-refractivity contribution in [3.05, 3.63) is 11.7 Å². The van der Waals surface area contributed by atoms with Gasteiger partial charge in [-0.1, -0.05) is 12.1 Å². The number of hydrogen-bond acceptors (Lipinski definition) is 4. The van der Waals surface area contributed by atoms with E-state index >= 15 is 0 Å². The molecule has 114 valence electrons. The molecule has 1 aliphatic carbocycles. The zero-order chi connectivity index (χ0) is 14.6. The molecule has 1 N–H and O–H groups in total. The summed E-state index contributed by atoms with van der Waals surface area (Å²) < 4.78 is 41.5. The van der Waals surface area contributed by atoms with Gasteiger partial charge in [0.25, 0.3) is 0 Å². The molecule has 0 amide bonds. The van der Waals surface area contributed by atoms with Crippen LogP contribution in [0.25, 0.3) is 0 Å². The molecule has 7 heteroatoms. The Labute approximate surface area is 116 Å². The van der Waals surface area contributed by atoms with Crippen LogP contribution in [-0.2, 0) is 6.42 Å². The minimum absolute atomic E-state index is 0.158. The van der Waals surface area contributed by atoms with Crippen LogP contribution in [0.2, 0.25) is 0 Å². The molecule has 0 bridgehead atoms.